The van der Waals surface area contributed by atoms with Crippen LogP contribution in [0.4, 0.5) is 10.1 Å². The molecule has 1 aromatic heterocycles. The Labute approximate surface area is 119 Å². The number of aromatic amines is 1. The number of anilines is 1. The number of hydrogen-bond donors (Lipinski definition) is 2. The number of halogens is 1. The molecule has 0 amide bonds. The zero-order chi connectivity index (χ0) is 14.7. The van der Waals surface area contributed by atoms with E-state index < -0.39 is 0 Å². The molecule has 3 aromatic rings. The summed E-state index contributed by atoms with van der Waals surface area (Å²) < 4.78 is 13.1. The maximum absolute atomic E-state index is 13.1. The Morgan fingerprint density at radius 3 is 2.86 bits per heavy atom. The Morgan fingerprint density at radius 2 is 2.10 bits per heavy atom. The minimum atomic E-state index is -0.377. The van der Waals surface area contributed by atoms with Crippen LogP contribution in [0.25, 0.3) is 11.0 Å². The quantitative estimate of drug-likeness (QED) is 0.571. The minimum absolute atomic E-state index is 0.0930. The lowest BCUT2D eigenvalue weighted by Crippen LogP contribution is -2.04. The molecule has 0 radical (unpaired) electrons. The lowest BCUT2D eigenvalue weighted by molar-refractivity contribution is 0.628. The molecule has 2 N–H and O–H groups in total. The van der Waals surface area contributed by atoms with E-state index in [1.165, 1.54) is 12.1 Å². The number of benzene rings is 2. The molecule has 1 heterocycles. The van der Waals surface area contributed by atoms with Crippen LogP contribution in [-0.2, 0) is 0 Å². The number of imidazole rings is 1. The number of para-hydroxylation sites is 2. The standard InChI is InChI=1S/C15H10FN5/c16-10-4-3-5-11(8-10)20-21-14(9-17)15-18-12-6-1-2-7-13(12)19-15/h1-8,20H,(H,18,19). The Hall–Kier alpha value is -3.20. The number of nitrogens with zero attached hydrogens (tertiary/aromatic N) is 3. The second-order valence-electron chi connectivity index (χ2n) is 4.30. The average Bonchev–Trinajstić information content (AvgIpc) is 2.91. The van der Waals surface area contributed by atoms with Crippen LogP contribution < -0.4 is 5.43 Å². The summed E-state index contributed by atoms with van der Waals surface area (Å²) >= 11 is 0. The molecule has 2 aromatic carbocycles. The van der Waals surface area contributed by atoms with Crippen LogP contribution in [0.5, 0.6) is 0 Å². The summed E-state index contributed by atoms with van der Waals surface area (Å²) in [6, 6.07) is 15.2. The van der Waals surface area contributed by atoms with Gasteiger partial charge in [-0.05, 0) is 30.3 Å². The normalized spacial score (nSPS) is 11.3. The van der Waals surface area contributed by atoms with Gasteiger partial charge in [-0.25, -0.2) is 9.37 Å². The number of nitrogens with one attached hydrogen (secondary N) is 2. The number of fused-ring (bicyclic) bond motifs is 1. The SMILES string of the molecule is N#CC(=NNc1cccc(F)c1)c1nc2ccccc2[nH]1. The van der Waals surface area contributed by atoms with Crippen LogP contribution in [0.3, 0.4) is 0 Å². The molecule has 0 saturated carbocycles. The number of aromatic nitrogens is 2. The zero-order valence-electron chi connectivity index (χ0n) is 10.8. The van der Waals surface area contributed by atoms with E-state index in [1.54, 1.807) is 12.1 Å². The van der Waals surface area contributed by atoms with Crippen molar-refractivity contribution in [2.75, 3.05) is 5.43 Å². The monoisotopic (exact) mass is 279 g/mol. The Balaban J connectivity index is 1.91. The van der Waals surface area contributed by atoms with Crippen LogP contribution in [0.1, 0.15) is 5.82 Å². The highest BCUT2D eigenvalue weighted by Gasteiger charge is 2.09. The van der Waals surface area contributed by atoms with Gasteiger partial charge in [-0.3, -0.25) is 5.43 Å². The summed E-state index contributed by atoms with van der Waals surface area (Å²) in [5, 5.41) is 13.1. The van der Waals surface area contributed by atoms with Gasteiger partial charge in [0.25, 0.3) is 0 Å². The van der Waals surface area contributed by atoms with Gasteiger partial charge in [0.15, 0.2) is 5.82 Å². The van der Waals surface area contributed by atoms with Crippen molar-refractivity contribution >= 4 is 22.4 Å². The largest absolute Gasteiger partial charge is 0.336 e. The number of hydrazone groups is 1. The second kappa shape index (κ2) is 5.43. The van der Waals surface area contributed by atoms with Gasteiger partial charge in [0.05, 0.1) is 16.7 Å². The van der Waals surface area contributed by atoms with E-state index in [-0.39, 0.29) is 11.5 Å². The predicted molar refractivity (Wildman–Crippen MR) is 78.3 cm³/mol. The highest BCUT2D eigenvalue weighted by Crippen LogP contribution is 2.12. The first-order valence-corrected chi connectivity index (χ1v) is 6.21. The van der Waals surface area contributed by atoms with E-state index in [1.807, 2.05) is 30.3 Å². The topological polar surface area (TPSA) is 76.9 Å². The maximum atomic E-state index is 13.1. The Bertz CT molecular complexity index is 827. The van der Waals surface area contributed by atoms with Crippen molar-refractivity contribution in [1.82, 2.24) is 9.97 Å². The molecule has 0 unspecified atom stereocenters. The molecule has 0 spiro atoms. The summed E-state index contributed by atoms with van der Waals surface area (Å²) in [6.45, 7) is 0. The highest BCUT2D eigenvalue weighted by atomic mass is 19.1. The number of nitriles is 1. The molecular weight excluding hydrogens is 269 g/mol. The lowest BCUT2D eigenvalue weighted by Gasteiger charge is -2.00. The highest BCUT2D eigenvalue weighted by molar-refractivity contribution is 6.10. The molecule has 102 valence electrons. The fourth-order valence-corrected chi connectivity index (χ4v) is 1.87. The first-order chi connectivity index (χ1) is 10.3. The minimum Gasteiger partial charge on any atom is -0.336 e. The van der Waals surface area contributed by atoms with Crippen LogP contribution in [0.2, 0.25) is 0 Å². The third-order valence-electron chi connectivity index (χ3n) is 2.84. The van der Waals surface area contributed by atoms with Crippen molar-refractivity contribution in [3.05, 3.63) is 60.2 Å². The molecule has 0 saturated heterocycles. The summed E-state index contributed by atoms with van der Waals surface area (Å²) in [6.07, 6.45) is 0. The van der Waals surface area contributed by atoms with E-state index in [0.29, 0.717) is 11.5 Å². The van der Waals surface area contributed by atoms with E-state index in [0.717, 1.165) is 11.0 Å². The van der Waals surface area contributed by atoms with E-state index >= 15 is 0 Å². The summed E-state index contributed by atoms with van der Waals surface area (Å²) in [4.78, 5) is 7.31. The Morgan fingerprint density at radius 1 is 1.24 bits per heavy atom. The molecule has 5 nitrogen and oxygen atoms in total. The van der Waals surface area contributed by atoms with Crippen LogP contribution in [0, 0.1) is 17.1 Å². The van der Waals surface area contributed by atoms with E-state index in [9.17, 15) is 9.65 Å². The van der Waals surface area contributed by atoms with Gasteiger partial charge in [0, 0.05) is 0 Å². The molecule has 6 heteroatoms. The zero-order valence-corrected chi connectivity index (χ0v) is 10.8. The lowest BCUT2D eigenvalue weighted by atomic mass is 10.3. The van der Waals surface area contributed by atoms with Crippen LogP contribution >= 0.6 is 0 Å². The van der Waals surface area contributed by atoms with E-state index in [2.05, 4.69) is 20.5 Å². The van der Waals surface area contributed by atoms with Crippen molar-refractivity contribution in [2.45, 2.75) is 0 Å². The van der Waals surface area contributed by atoms with Crippen molar-refractivity contribution < 1.29 is 4.39 Å². The van der Waals surface area contributed by atoms with Crippen molar-refractivity contribution in [2.24, 2.45) is 5.10 Å². The third kappa shape index (κ3) is 2.72. The first kappa shape index (κ1) is 12.8. The number of rotatable bonds is 3. The molecule has 0 aliphatic heterocycles. The van der Waals surface area contributed by atoms with Crippen molar-refractivity contribution in [1.29, 1.82) is 5.26 Å². The summed E-state index contributed by atoms with van der Waals surface area (Å²) in [7, 11) is 0. The van der Waals surface area contributed by atoms with Gasteiger partial charge >= 0.3 is 0 Å². The third-order valence-corrected chi connectivity index (χ3v) is 2.84. The van der Waals surface area contributed by atoms with Crippen LogP contribution in [0.15, 0.2) is 53.6 Å². The van der Waals surface area contributed by atoms with Gasteiger partial charge < -0.3 is 4.98 Å². The van der Waals surface area contributed by atoms with Crippen molar-refractivity contribution in [3.63, 3.8) is 0 Å². The maximum Gasteiger partial charge on any atom is 0.203 e. The van der Waals surface area contributed by atoms with Gasteiger partial charge in [-0.1, -0.05) is 18.2 Å². The smallest absolute Gasteiger partial charge is 0.203 e. The van der Waals surface area contributed by atoms with Crippen LogP contribution in [-0.4, -0.2) is 15.7 Å². The summed E-state index contributed by atoms with van der Waals surface area (Å²) in [5.41, 5.74) is 4.77. The van der Waals surface area contributed by atoms with E-state index in [4.69, 9.17) is 0 Å². The fraction of sp³-hybridized carbons (Fsp3) is 0. The van der Waals surface area contributed by atoms with Gasteiger partial charge in [0.2, 0.25) is 5.71 Å². The first-order valence-electron chi connectivity index (χ1n) is 6.21. The number of hydrogen-bond acceptors (Lipinski definition) is 4. The molecule has 0 bridgehead atoms. The molecule has 0 fully saturated rings. The van der Waals surface area contributed by atoms with Gasteiger partial charge in [-0.15, -0.1) is 0 Å². The Kier molecular flexibility index (Phi) is 3.31. The number of H-pyrrole nitrogens is 1. The van der Waals surface area contributed by atoms with Gasteiger partial charge in [0.1, 0.15) is 11.9 Å². The van der Waals surface area contributed by atoms with Crippen molar-refractivity contribution in [3.8, 4) is 6.07 Å². The van der Waals surface area contributed by atoms with Gasteiger partial charge in [-0.2, -0.15) is 10.4 Å². The predicted octanol–water partition coefficient (Wildman–Crippen LogP) is 3.04. The molecule has 0 aliphatic rings. The average molecular weight is 279 g/mol. The summed E-state index contributed by atoms with van der Waals surface area (Å²) in [5.74, 6) is -0.0138. The molecule has 3 rings (SSSR count). The fourth-order valence-electron chi connectivity index (χ4n) is 1.87. The second-order valence-corrected chi connectivity index (χ2v) is 4.30. The molecular formula is C15H10FN5. The molecule has 0 aliphatic carbocycles. The molecule has 21 heavy (non-hydrogen) atoms. The molecule has 0 atom stereocenters.